The Hall–Kier alpha value is -2.81. The number of piperidine rings is 1. The second kappa shape index (κ2) is 9.55. The third kappa shape index (κ3) is 6.10. The van der Waals surface area contributed by atoms with Crippen molar-refractivity contribution in [2.24, 2.45) is 5.92 Å². The maximum Gasteiger partial charge on any atom is 0.417 e. The van der Waals surface area contributed by atoms with Crippen molar-refractivity contribution in [1.82, 2.24) is 4.98 Å². The molecule has 0 aliphatic carbocycles. The standard InChI is InChI=1S/C21H21ClF3N3O3/c1-13(19(29)27-17-4-2-3-16(22)11-17)31-20(30)14-7-9-28(10-8-14)18-6-5-15(12-26-18)21(23,24)25/h2-6,11-14H,7-10H2,1H3,(H,27,29). The lowest BCUT2D eigenvalue weighted by Crippen LogP contribution is -2.39. The van der Waals surface area contributed by atoms with Crippen molar-refractivity contribution in [2.75, 3.05) is 23.3 Å². The van der Waals surface area contributed by atoms with Crippen LogP contribution in [0.2, 0.25) is 5.02 Å². The number of benzene rings is 1. The number of amides is 1. The Morgan fingerprint density at radius 1 is 1.23 bits per heavy atom. The summed E-state index contributed by atoms with van der Waals surface area (Å²) >= 11 is 5.88. The number of hydrogen-bond acceptors (Lipinski definition) is 5. The van der Waals surface area contributed by atoms with Gasteiger partial charge in [-0.1, -0.05) is 17.7 Å². The van der Waals surface area contributed by atoms with Crippen molar-refractivity contribution in [3.05, 3.63) is 53.2 Å². The quantitative estimate of drug-likeness (QED) is 0.670. The van der Waals surface area contributed by atoms with Crippen LogP contribution in [0.1, 0.15) is 25.3 Å². The lowest BCUT2D eigenvalue weighted by molar-refractivity contribution is -0.158. The van der Waals surface area contributed by atoms with Crippen LogP contribution in [0.15, 0.2) is 42.6 Å². The fourth-order valence-electron chi connectivity index (χ4n) is 3.22. The van der Waals surface area contributed by atoms with Crippen LogP contribution in [0, 0.1) is 5.92 Å². The third-order valence-electron chi connectivity index (χ3n) is 4.98. The minimum atomic E-state index is -4.43. The van der Waals surface area contributed by atoms with E-state index in [1.54, 1.807) is 24.3 Å². The van der Waals surface area contributed by atoms with Crippen molar-refractivity contribution in [3.8, 4) is 0 Å². The fraction of sp³-hybridized carbons (Fsp3) is 0.381. The second-order valence-corrected chi connectivity index (χ2v) is 7.68. The van der Waals surface area contributed by atoms with E-state index < -0.39 is 35.6 Å². The van der Waals surface area contributed by atoms with Gasteiger partial charge in [-0.2, -0.15) is 13.2 Å². The van der Waals surface area contributed by atoms with Crippen LogP contribution in [0.3, 0.4) is 0 Å². The van der Waals surface area contributed by atoms with Crippen molar-refractivity contribution in [3.63, 3.8) is 0 Å². The largest absolute Gasteiger partial charge is 0.452 e. The minimum Gasteiger partial charge on any atom is -0.452 e. The first-order valence-electron chi connectivity index (χ1n) is 9.68. The van der Waals surface area contributed by atoms with Gasteiger partial charge in [-0.05, 0) is 50.1 Å². The van der Waals surface area contributed by atoms with Gasteiger partial charge in [0.25, 0.3) is 5.91 Å². The van der Waals surface area contributed by atoms with Crippen LogP contribution in [0.25, 0.3) is 0 Å². The van der Waals surface area contributed by atoms with Gasteiger partial charge in [0, 0.05) is 30.0 Å². The molecule has 10 heteroatoms. The van der Waals surface area contributed by atoms with E-state index in [2.05, 4.69) is 10.3 Å². The molecule has 3 rings (SSSR count). The Morgan fingerprint density at radius 2 is 1.94 bits per heavy atom. The van der Waals surface area contributed by atoms with Gasteiger partial charge in [0.15, 0.2) is 6.10 Å². The Bertz CT molecular complexity index is 929. The van der Waals surface area contributed by atoms with E-state index in [0.717, 1.165) is 12.3 Å². The zero-order valence-corrected chi connectivity index (χ0v) is 17.4. The molecule has 1 amide bonds. The molecule has 1 N–H and O–H groups in total. The molecule has 6 nitrogen and oxygen atoms in total. The summed E-state index contributed by atoms with van der Waals surface area (Å²) in [6, 6.07) is 8.93. The highest BCUT2D eigenvalue weighted by Gasteiger charge is 2.32. The molecule has 0 saturated carbocycles. The predicted molar refractivity (Wildman–Crippen MR) is 110 cm³/mol. The van der Waals surface area contributed by atoms with Crippen LogP contribution < -0.4 is 10.2 Å². The van der Waals surface area contributed by atoms with Gasteiger partial charge in [0.2, 0.25) is 0 Å². The van der Waals surface area contributed by atoms with Crippen molar-refractivity contribution in [1.29, 1.82) is 0 Å². The zero-order valence-electron chi connectivity index (χ0n) is 16.7. The smallest absolute Gasteiger partial charge is 0.417 e. The minimum absolute atomic E-state index is 0.396. The average molecular weight is 456 g/mol. The Morgan fingerprint density at radius 3 is 2.52 bits per heavy atom. The summed E-state index contributed by atoms with van der Waals surface area (Å²) in [5.41, 5.74) is -0.308. The number of alkyl halides is 3. The molecule has 1 aliphatic heterocycles. The summed E-state index contributed by atoms with van der Waals surface area (Å²) in [5, 5.41) is 3.11. The number of anilines is 2. The Kier molecular flexibility index (Phi) is 7.04. The molecule has 1 aromatic heterocycles. The molecule has 1 fully saturated rings. The molecule has 0 radical (unpaired) electrons. The van der Waals surface area contributed by atoms with Crippen molar-refractivity contribution >= 4 is 35.0 Å². The molecule has 0 spiro atoms. The number of hydrogen-bond donors (Lipinski definition) is 1. The summed E-state index contributed by atoms with van der Waals surface area (Å²) in [4.78, 5) is 30.4. The fourth-order valence-corrected chi connectivity index (χ4v) is 3.41. The lowest BCUT2D eigenvalue weighted by atomic mass is 9.97. The van der Waals surface area contributed by atoms with E-state index in [1.807, 2.05) is 4.90 Å². The van der Waals surface area contributed by atoms with E-state index in [-0.39, 0.29) is 0 Å². The van der Waals surface area contributed by atoms with Crippen LogP contribution in [0.4, 0.5) is 24.7 Å². The third-order valence-corrected chi connectivity index (χ3v) is 5.22. The number of carbonyl (C=O) groups excluding carboxylic acids is 2. The van der Waals surface area contributed by atoms with Gasteiger partial charge in [-0.15, -0.1) is 0 Å². The zero-order chi connectivity index (χ0) is 22.6. The van der Waals surface area contributed by atoms with Gasteiger partial charge < -0.3 is 15.0 Å². The molecule has 166 valence electrons. The van der Waals surface area contributed by atoms with Gasteiger partial charge in [0.1, 0.15) is 5.82 Å². The van der Waals surface area contributed by atoms with E-state index in [1.165, 1.54) is 13.0 Å². The van der Waals surface area contributed by atoms with Crippen molar-refractivity contribution < 1.29 is 27.5 Å². The lowest BCUT2D eigenvalue weighted by Gasteiger charge is -2.32. The molecule has 0 bridgehead atoms. The molecule has 1 aliphatic rings. The monoisotopic (exact) mass is 455 g/mol. The van der Waals surface area contributed by atoms with Gasteiger partial charge in [-0.3, -0.25) is 9.59 Å². The van der Waals surface area contributed by atoms with Crippen molar-refractivity contribution in [2.45, 2.75) is 32.0 Å². The number of aromatic nitrogens is 1. The normalized spacial score (nSPS) is 16.0. The summed E-state index contributed by atoms with van der Waals surface area (Å²) < 4.78 is 43.3. The van der Waals surface area contributed by atoms with Gasteiger partial charge in [-0.25, -0.2) is 4.98 Å². The molecule has 1 saturated heterocycles. The van der Waals surface area contributed by atoms with E-state index in [9.17, 15) is 22.8 Å². The molecule has 31 heavy (non-hydrogen) atoms. The molecular formula is C21H21ClF3N3O3. The highest BCUT2D eigenvalue weighted by Crippen LogP contribution is 2.30. The maximum atomic E-state index is 12.7. The molecule has 1 aromatic carbocycles. The highest BCUT2D eigenvalue weighted by molar-refractivity contribution is 6.30. The van der Waals surface area contributed by atoms with E-state index in [0.29, 0.717) is 42.5 Å². The number of nitrogens with one attached hydrogen (secondary N) is 1. The maximum absolute atomic E-state index is 12.7. The SMILES string of the molecule is CC(OC(=O)C1CCN(c2ccc(C(F)(F)F)cn2)CC1)C(=O)Nc1cccc(Cl)c1. The number of esters is 1. The summed E-state index contributed by atoms with van der Waals surface area (Å²) in [5.74, 6) is -0.919. The Balaban J connectivity index is 1.49. The first-order chi connectivity index (χ1) is 14.6. The van der Waals surface area contributed by atoms with E-state index >= 15 is 0 Å². The number of ether oxygens (including phenoxy) is 1. The molecule has 1 atom stereocenters. The summed E-state index contributed by atoms with van der Waals surface area (Å²) in [6.07, 6.45) is -3.72. The average Bonchev–Trinajstić information content (AvgIpc) is 2.73. The van der Waals surface area contributed by atoms with E-state index in [4.69, 9.17) is 16.3 Å². The number of halogens is 4. The molecular weight excluding hydrogens is 435 g/mol. The van der Waals surface area contributed by atoms with Crippen LogP contribution in [-0.2, 0) is 20.5 Å². The topological polar surface area (TPSA) is 71.5 Å². The first kappa shape index (κ1) is 22.9. The number of nitrogens with zero attached hydrogens (tertiary/aromatic N) is 2. The molecule has 2 heterocycles. The Labute approximate surface area is 182 Å². The molecule has 1 unspecified atom stereocenters. The van der Waals surface area contributed by atoms with Gasteiger partial charge in [0.05, 0.1) is 11.5 Å². The summed E-state index contributed by atoms with van der Waals surface area (Å²) in [6.45, 7) is 2.38. The second-order valence-electron chi connectivity index (χ2n) is 7.24. The molecule has 2 aromatic rings. The van der Waals surface area contributed by atoms with Crippen LogP contribution >= 0.6 is 11.6 Å². The number of carbonyl (C=O) groups is 2. The first-order valence-corrected chi connectivity index (χ1v) is 10.1. The van der Waals surface area contributed by atoms with Gasteiger partial charge >= 0.3 is 12.1 Å². The number of pyridine rings is 1. The summed E-state index contributed by atoms with van der Waals surface area (Å²) in [7, 11) is 0. The van der Waals surface area contributed by atoms with Crippen LogP contribution in [-0.4, -0.2) is 36.1 Å². The predicted octanol–water partition coefficient (Wildman–Crippen LogP) is 4.54. The highest BCUT2D eigenvalue weighted by atomic mass is 35.5. The van der Waals surface area contributed by atoms with Crippen LogP contribution in [0.5, 0.6) is 0 Å². The number of rotatable bonds is 5.